The van der Waals surface area contributed by atoms with Crippen LogP contribution in [-0.2, 0) is 0 Å². The van der Waals surface area contributed by atoms with Crippen molar-refractivity contribution in [3.05, 3.63) is 33.8 Å². The summed E-state index contributed by atoms with van der Waals surface area (Å²) >= 11 is 0. The average molecular weight is 159 g/mol. The topological polar surface area (TPSA) is 63.4 Å². The summed E-state index contributed by atoms with van der Waals surface area (Å²) in [5.74, 6) is -0.848. The molecule has 0 saturated heterocycles. The van der Waals surface area contributed by atoms with E-state index in [1.165, 1.54) is 6.08 Å². The molecule has 0 aromatic heterocycles. The van der Waals surface area contributed by atoms with E-state index in [1.807, 2.05) is 0 Å². The summed E-state index contributed by atoms with van der Waals surface area (Å²) in [7, 11) is 0. The molecule has 1 N–H and O–H groups in total. The van der Waals surface area contributed by atoms with Crippen LogP contribution in [0.25, 0.3) is 0 Å². The quantitative estimate of drug-likeness (QED) is 0.454. The van der Waals surface area contributed by atoms with E-state index in [1.54, 1.807) is 0 Å². The molecule has 0 saturated carbocycles. The fraction of sp³-hybridized carbons (Fsp3) is 0.333. The first-order valence-corrected chi connectivity index (χ1v) is 3.01. The molecule has 1 aliphatic carbocycles. The maximum absolute atomic E-state index is 12.5. The molecule has 0 spiro atoms. The Morgan fingerprint density at radius 3 is 2.91 bits per heavy atom. The highest BCUT2D eigenvalue weighted by molar-refractivity contribution is 5.21. The van der Waals surface area contributed by atoms with E-state index in [9.17, 15) is 14.5 Å². The Morgan fingerprint density at radius 2 is 2.45 bits per heavy atom. The minimum absolute atomic E-state index is 0.0291. The molecular formula is C6H6FNO3. The van der Waals surface area contributed by atoms with Gasteiger partial charge in [0.15, 0.2) is 0 Å². The molecule has 1 rings (SSSR count). The lowest BCUT2D eigenvalue weighted by atomic mass is 10.1. The molecule has 0 aromatic rings. The zero-order valence-corrected chi connectivity index (χ0v) is 5.53. The van der Waals surface area contributed by atoms with Gasteiger partial charge in [-0.05, 0) is 6.08 Å². The van der Waals surface area contributed by atoms with Crippen LogP contribution in [0.3, 0.4) is 0 Å². The van der Waals surface area contributed by atoms with Gasteiger partial charge in [-0.1, -0.05) is 0 Å². The minimum Gasteiger partial charge on any atom is -0.386 e. The summed E-state index contributed by atoms with van der Waals surface area (Å²) in [6, 6.07) is 0. The molecule has 0 heterocycles. The van der Waals surface area contributed by atoms with Gasteiger partial charge in [0.2, 0.25) is 0 Å². The van der Waals surface area contributed by atoms with Crippen LogP contribution in [0, 0.1) is 10.1 Å². The Labute approximate surface area is 61.8 Å². The Bertz CT molecular complexity index is 246. The number of aliphatic hydroxyl groups excluding tert-OH is 1. The van der Waals surface area contributed by atoms with Crippen LogP contribution >= 0.6 is 0 Å². The monoisotopic (exact) mass is 159 g/mol. The summed E-state index contributed by atoms with van der Waals surface area (Å²) in [6.07, 6.45) is 0.680. The predicted octanol–water partition coefficient (Wildman–Crippen LogP) is 0.765. The van der Waals surface area contributed by atoms with E-state index in [0.29, 0.717) is 0 Å². The van der Waals surface area contributed by atoms with E-state index in [-0.39, 0.29) is 12.1 Å². The lowest BCUT2D eigenvalue weighted by Gasteiger charge is -2.07. The predicted molar refractivity (Wildman–Crippen MR) is 34.9 cm³/mol. The average Bonchev–Trinajstić information content (AvgIpc) is 1.94. The second-order valence-corrected chi connectivity index (χ2v) is 2.17. The third-order valence-electron chi connectivity index (χ3n) is 1.37. The largest absolute Gasteiger partial charge is 0.386 e. The first-order valence-electron chi connectivity index (χ1n) is 3.01. The van der Waals surface area contributed by atoms with Crippen LogP contribution in [0.2, 0.25) is 0 Å². The van der Waals surface area contributed by atoms with E-state index in [0.717, 1.165) is 6.08 Å². The van der Waals surface area contributed by atoms with Crippen molar-refractivity contribution >= 4 is 0 Å². The van der Waals surface area contributed by atoms with Crippen molar-refractivity contribution in [3.63, 3.8) is 0 Å². The van der Waals surface area contributed by atoms with Crippen molar-refractivity contribution in [2.75, 3.05) is 0 Å². The van der Waals surface area contributed by atoms with Gasteiger partial charge in [0.1, 0.15) is 11.9 Å². The normalized spacial score (nSPS) is 24.0. The lowest BCUT2D eigenvalue weighted by molar-refractivity contribution is -0.419. The van der Waals surface area contributed by atoms with E-state index >= 15 is 0 Å². The lowest BCUT2D eigenvalue weighted by Crippen LogP contribution is -2.12. The number of hydrogen-bond donors (Lipinski definition) is 1. The second-order valence-electron chi connectivity index (χ2n) is 2.17. The van der Waals surface area contributed by atoms with Gasteiger partial charge in [0.05, 0.1) is 4.92 Å². The second kappa shape index (κ2) is 2.79. The molecule has 1 atom stereocenters. The van der Waals surface area contributed by atoms with Gasteiger partial charge in [0.25, 0.3) is 5.70 Å². The molecule has 4 nitrogen and oxygen atoms in total. The summed E-state index contributed by atoms with van der Waals surface area (Å²) < 4.78 is 12.5. The summed E-state index contributed by atoms with van der Waals surface area (Å²) in [5, 5.41) is 18.8. The van der Waals surface area contributed by atoms with Crippen molar-refractivity contribution in [1.82, 2.24) is 0 Å². The highest BCUT2D eigenvalue weighted by Gasteiger charge is 2.20. The molecule has 11 heavy (non-hydrogen) atoms. The zero-order valence-electron chi connectivity index (χ0n) is 5.53. The molecule has 60 valence electrons. The van der Waals surface area contributed by atoms with Gasteiger partial charge in [0, 0.05) is 12.5 Å². The number of nitro groups is 1. The minimum atomic E-state index is -1.21. The molecule has 1 unspecified atom stereocenters. The van der Waals surface area contributed by atoms with Crippen LogP contribution in [0.15, 0.2) is 23.7 Å². The molecular weight excluding hydrogens is 153 g/mol. The van der Waals surface area contributed by atoms with Gasteiger partial charge in [-0.3, -0.25) is 10.1 Å². The van der Waals surface area contributed by atoms with Gasteiger partial charge < -0.3 is 5.11 Å². The highest BCUT2D eigenvalue weighted by atomic mass is 19.1. The van der Waals surface area contributed by atoms with Gasteiger partial charge in [-0.2, -0.15) is 0 Å². The van der Waals surface area contributed by atoms with E-state index in [2.05, 4.69) is 0 Å². The number of aliphatic hydroxyl groups is 1. The number of hydrogen-bond acceptors (Lipinski definition) is 3. The molecule has 1 aliphatic rings. The molecule has 5 heteroatoms. The Kier molecular flexibility index (Phi) is 2.00. The SMILES string of the molecule is O=[N+]([O-])C1=CCC(O)C(F)=C1. The van der Waals surface area contributed by atoms with Crippen molar-refractivity contribution in [2.24, 2.45) is 0 Å². The molecule has 0 radical (unpaired) electrons. The number of allylic oxidation sites excluding steroid dienone is 1. The van der Waals surface area contributed by atoms with Crippen LogP contribution < -0.4 is 0 Å². The van der Waals surface area contributed by atoms with Gasteiger partial charge >= 0.3 is 0 Å². The summed E-state index contributed by atoms with van der Waals surface area (Å²) in [5.41, 5.74) is -0.298. The Morgan fingerprint density at radius 1 is 1.82 bits per heavy atom. The Hall–Kier alpha value is -1.23. The third kappa shape index (κ3) is 1.62. The van der Waals surface area contributed by atoms with Crippen LogP contribution in [0.4, 0.5) is 4.39 Å². The van der Waals surface area contributed by atoms with Crippen molar-refractivity contribution < 1.29 is 14.4 Å². The van der Waals surface area contributed by atoms with Crippen molar-refractivity contribution in [1.29, 1.82) is 0 Å². The smallest absolute Gasteiger partial charge is 0.268 e. The Balaban J connectivity index is 2.83. The molecule has 0 fully saturated rings. The standard InChI is InChI=1S/C6H6FNO3/c7-5-3-4(8(10)11)1-2-6(5)9/h1,3,6,9H,2H2. The van der Waals surface area contributed by atoms with Crippen LogP contribution in [-0.4, -0.2) is 16.1 Å². The summed E-state index contributed by atoms with van der Waals surface area (Å²) in [6.45, 7) is 0. The zero-order chi connectivity index (χ0) is 8.43. The van der Waals surface area contributed by atoms with Gasteiger partial charge in [-0.25, -0.2) is 4.39 Å². The maximum atomic E-state index is 12.5. The number of nitrogens with zero attached hydrogens (tertiary/aromatic N) is 1. The fourth-order valence-corrected chi connectivity index (χ4v) is 0.769. The van der Waals surface area contributed by atoms with Gasteiger partial charge in [-0.15, -0.1) is 0 Å². The highest BCUT2D eigenvalue weighted by Crippen LogP contribution is 2.18. The van der Waals surface area contributed by atoms with Crippen molar-refractivity contribution in [3.8, 4) is 0 Å². The van der Waals surface area contributed by atoms with E-state index < -0.39 is 16.9 Å². The van der Waals surface area contributed by atoms with Crippen LogP contribution in [0.1, 0.15) is 6.42 Å². The molecule has 0 bridgehead atoms. The third-order valence-corrected chi connectivity index (χ3v) is 1.37. The molecule has 0 amide bonds. The first-order chi connectivity index (χ1) is 5.11. The number of halogens is 1. The molecule has 0 aliphatic heterocycles. The van der Waals surface area contributed by atoms with Crippen molar-refractivity contribution in [2.45, 2.75) is 12.5 Å². The maximum Gasteiger partial charge on any atom is 0.268 e. The number of rotatable bonds is 1. The van der Waals surface area contributed by atoms with E-state index in [4.69, 9.17) is 5.11 Å². The first kappa shape index (κ1) is 7.87. The summed E-state index contributed by atoms with van der Waals surface area (Å²) in [4.78, 5) is 9.36. The fourth-order valence-electron chi connectivity index (χ4n) is 0.769. The van der Waals surface area contributed by atoms with Crippen LogP contribution in [0.5, 0.6) is 0 Å². The molecule has 0 aromatic carbocycles.